The second-order valence-electron chi connectivity index (χ2n) is 3.61. The van der Waals surface area contributed by atoms with Crippen LogP contribution >= 0.6 is 0 Å². The number of aryl methyl sites for hydroxylation is 1. The number of carboxylic acid groups (broad SMARTS) is 1. The van der Waals surface area contributed by atoms with Gasteiger partial charge in [-0.05, 0) is 12.1 Å². The molecule has 86 valence electrons. The van der Waals surface area contributed by atoms with Crippen molar-refractivity contribution in [2.24, 2.45) is 7.05 Å². The largest absolute Gasteiger partial charge is 0.495 e. The molecule has 0 saturated heterocycles. The van der Waals surface area contributed by atoms with Crippen LogP contribution < -0.4 is 4.74 Å². The smallest absolute Gasteiger partial charge is 0.337 e. The molecular formula is C12H10N2O3. The van der Waals surface area contributed by atoms with Crippen molar-refractivity contribution in [2.45, 2.75) is 0 Å². The van der Waals surface area contributed by atoms with E-state index in [2.05, 4.69) is 0 Å². The van der Waals surface area contributed by atoms with Crippen LogP contribution in [0.2, 0.25) is 0 Å². The lowest BCUT2D eigenvalue weighted by molar-refractivity contribution is 0.0699. The molecule has 0 atom stereocenters. The molecular weight excluding hydrogens is 220 g/mol. The van der Waals surface area contributed by atoms with Gasteiger partial charge in [0.25, 0.3) is 0 Å². The average molecular weight is 230 g/mol. The molecule has 5 heteroatoms. The van der Waals surface area contributed by atoms with Gasteiger partial charge in [-0.1, -0.05) is 0 Å². The monoisotopic (exact) mass is 230 g/mol. The van der Waals surface area contributed by atoms with Crippen molar-refractivity contribution in [1.82, 2.24) is 4.57 Å². The number of carboxylic acids is 1. The molecule has 0 aliphatic rings. The molecule has 2 rings (SSSR count). The lowest BCUT2D eigenvalue weighted by Gasteiger charge is -2.05. The highest BCUT2D eigenvalue weighted by molar-refractivity contribution is 6.07. The van der Waals surface area contributed by atoms with Gasteiger partial charge < -0.3 is 14.4 Å². The molecule has 0 radical (unpaired) electrons. The first-order valence-electron chi connectivity index (χ1n) is 4.89. The Labute approximate surface area is 97.5 Å². The molecule has 5 nitrogen and oxygen atoms in total. The topological polar surface area (TPSA) is 75.2 Å². The van der Waals surface area contributed by atoms with Crippen molar-refractivity contribution in [2.75, 3.05) is 7.11 Å². The standard InChI is InChI=1S/C12H10N2O3/c1-14-6-8(12(15)16)10-7(5-13)3-4-9(17-2)11(10)14/h3-4,6H,1-2H3,(H,15,16). The quantitative estimate of drug-likeness (QED) is 0.852. The molecule has 0 unspecified atom stereocenters. The first-order valence-corrected chi connectivity index (χ1v) is 4.89. The maximum absolute atomic E-state index is 11.1. The summed E-state index contributed by atoms with van der Waals surface area (Å²) in [6.07, 6.45) is 1.48. The number of ether oxygens (including phenoxy) is 1. The third kappa shape index (κ3) is 1.51. The Balaban J connectivity index is 2.99. The molecule has 0 fully saturated rings. The molecule has 1 N–H and O–H groups in total. The normalized spacial score (nSPS) is 10.2. The van der Waals surface area contributed by atoms with E-state index in [9.17, 15) is 4.79 Å². The number of fused-ring (bicyclic) bond motifs is 1. The maximum atomic E-state index is 11.1. The lowest BCUT2D eigenvalue weighted by atomic mass is 10.1. The van der Waals surface area contributed by atoms with Gasteiger partial charge in [0.05, 0.1) is 29.8 Å². The maximum Gasteiger partial charge on any atom is 0.337 e. The second kappa shape index (κ2) is 3.83. The van der Waals surface area contributed by atoms with Crippen LogP contribution in [0.15, 0.2) is 18.3 Å². The predicted molar refractivity (Wildman–Crippen MR) is 61.1 cm³/mol. The fourth-order valence-electron chi connectivity index (χ4n) is 1.94. The van der Waals surface area contributed by atoms with Gasteiger partial charge in [0.2, 0.25) is 0 Å². The van der Waals surface area contributed by atoms with E-state index in [1.165, 1.54) is 13.3 Å². The summed E-state index contributed by atoms with van der Waals surface area (Å²) in [6, 6.07) is 5.22. The summed E-state index contributed by atoms with van der Waals surface area (Å²) >= 11 is 0. The van der Waals surface area contributed by atoms with Gasteiger partial charge in [-0.2, -0.15) is 5.26 Å². The van der Waals surface area contributed by atoms with Gasteiger partial charge in [0.15, 0.2) is 0 Å². The van der Waals surface area contributed by atoms with Crippen LogP contribution in [0.5, 0.6) is 5.75 Å². The zero-order valence-electron chi connectivity index (χ0n) is 9.39. The van der Waals surface area contributed by atoms with Gasteiger partial charge in [0, 0.05) is 18.6 Å². The Morgan fingerprint density at radius 3 is 2.76 bits per heavy atom. The van der Waals surface area contributed by atoms with Crippen molar-refractivity contribution in [3.8, 4) is 11.8 Å². The number of hydrogen-bond acceptors (Lipinski definition) is 3. The number of hydrogen-bond donors (Lipinski definition) is 1. The summed E-state index contributed by atoms with van der Waals surface area (Å²) in [7, 11) is 3.23. The average Bonchev–Trinajstić information content (AvgIpc) is 2.67. The molecule has 17 heavy (non-hydrogen) atoms. The summed E-state index contributed by atoms with van der Waals surface area (Å²) in [5.41, 5.74) is 1.06. The molecule has 0 amide bonds. The summed E-state index contributed by atoms with van der Waals surface area (Å²) < 4.78 is 6.83. The van der Waals surface area contributed by atoms with Crippen molar-refractivity contribution in [3.63, 3.8) is 0 Å². The summed E-state index contributed by atoms with van der Waals surface area (Å²) in [6.45, 7) is 0. The van der Waals surface area contributed by atoms with Crippen LogP contribution in [0.4, 0.5) is 0 Å². The number of aromatic carboxylic acids is 1. The molecule has 1 heterocycles. The summed E-state index contributed by atoms with van der Waals surface area (Å²) in [4.78, 5) is 11.1. The lowest BCUT2D eigenvalue weighted by Crippen LogP contribution is -1.95. The molecule has 0 bridgehead atoms. The third-order valence-corrected chi connectivity index (χ3v) is 2.66. The van der Waals surface area contributed by atoms with E-state index in [1.54, 1.807) is 23.7 Å². The molecule has 0 spiro atoms. The zero-order chi connectivity index (χ0) is 12.6. The number of methoxy groups -OCH3 is 1. The molecule has 1 aromatic carbocycles. The van der Waals surface area contributed by atoms with E-state index >= 15 is 0 Å². The molecule has 0 aliphatic carbocycles. The van der Waals surface area contributed by atoms with Gasteiger partial charge in [0.1, 0.15) is 5.75 Å². The van der Waals surface area contributed by atoms with Crippen LogP contribution in [-0.2, 0) is 7.05 Å². The number of carbonyl (C=O) groups is 1. The number of aromatic nitrogens is 1. The highest BCUT2D eigenvalue weighted by Gasteiger charge is 2.19. The van der Waals surface area contributed by atoms with E-state index in [1.807, 2.05) is 6.07 Å². The van der Waals surface area contributed by atoms with Gasteiger partial charge in [-0.25, -0.2) is 4.79 Å². The Kier molecular flexibility index (Phi) is 2.48. The van der Waals surface area contributed by atoms with E-state index in [0.29, 0.717) is 22.2 Å². The number of nitrogens with zero attached hydrogens (tertiary/aromatic N) is 2. The highest BCUT2D eigenvalue weighted by Crippen LogP contribution is 2.31. The third-order valence-electron chi connectivity index (χ3n) is 2.66. The van der Waals surface area contributed by atoms with Crippen LogP contribution in [-0.4, -0.2) is 22.8 Å². The predicted octanol–water partition coefficient (Wildman–Crippen LogP) is 1.76. The van der Waals surface area contributed by atoms with Crippen LogP contribution in [0.3, 0.4) is 0 Å². The molecule has 0 aliphatic heterocycles. The molecule has 1 aromatic heterocycles. The number of nitriles is 1. The minimum absolute atomic E-state index is 0.109. The van der Waals surface area contributed by atoms with Crippen LogP contribution in [0.25, 0.3) is 10.9 Å². The van der Waals surface area contributed by atoms with Crippen molar-refractivity contribution in [1.29, 1.82) is 5.26 Å². The molecule has 0 saturated carbocycles. The van der Waals surface area contributed by atoms with Crippen molar-refractivity contribution < 1.29 is 14.6 Å². The Morgan fingerprint density at radius 2 is 2.24 bits per heavy atom. The minimum Gasteiger partial charge on any atom is -0.495 e. The van der Waals surface area contributed by atoms with Gasteiger partial charge >= 0.3 is 5.97 Å². The minimum atomic E-state index is -1.06. The Morgan fingerprint density at radius 1 is 1.53 bits per heavy atom. The summed E-state index contributed by atoms with van der Waals surface area (Å²) in [5.74, 6) is -0.505. The number of benzene rings is 1. The SMILES string of the molecule is COc1ccc(C#N)c2c(C(=O)O)cn(C)c12. The Hall–Kier alpha value is -2.48. The first-order chi connectivity index (χ1) is 8.10. The van der Waals surface area contributed by atoms with Crippen LogP contribution in [0.1, 0.15) is 15.9 Å². The highest BCUT2D eigenvalue weighted by atomic mass is 16.5. The zero-order valence-corrected chi connectivity index (χ0v) is 9.39. The van der Waals surface area contributed by atoms with E-state index in [-0.39, 0.29) is 5.56 Å². The van der Waals surface area contributed by atoms with Crippen molar-refractivity contribution >= 4 is 16.9 Å². The van der Waals surface area contributed by atoms with Crippen molar-refractivity contribution in [3.05, 3.63) is 29.5 Å². The fraction of sp³-hybridized carbons (Fsp3) is 0.167. The van der Waals surface area contributed by atoms with E-state index in [0.717, 1.165) is 0 Å². The van der Waals surface area contributed by atoms with E-state index in [4.69, 9.17) is 15.1 Å². The summed E-state index contributed by atoms with van der Waals surface area (Å²) in [5, 5.41) is 18.6. The molecule has 2 aromatic rings. The number of rotatable bonds is 2. The van der Waals surface area contributed by atoms with Gasteiger partial charge in [-0.3, -0.25) is 0 Å². The fourth-order valence-corrected chi connectivity index (χ4v) is 1.94. The second-order valence-corrected chi connectivity index (χ2v) is 3.61. The van der Waals surface area contributed by atoms with Gasteiger partial charge in [-0.15, -0.1) is 0 Å². The van der Waals surface area contributed by atoms with Crippen LogP contribution in [0, 0.1) is 11.3 Å². The van der Waals surface area contributed by atoms with E-state index < -0.39 is 5.97 Å². The Bertz CT molecular complexity index is 650. The first kappa shape index (κ1) is 11.0.